The fourth-order valence-corrected chi connectivity index (χ4v) is 18.6. The van der Waals surface area contributed by atoms with Crippen LogP contribution in [0.15, 0.2) is 12.2 Å². The molecule has 28 heteroatoms. The molecule has 108 heavy (non-hydrogen) atoms. The molecule has 7 fully saturated rings. The number of hydrogen-bond acceptors (Lipinski definition) is 14. The molecule has 0 radical (unpaired) electrons. The van der Waals surface area contributed by atoms with Crippen LogP contribution in [-0.4, -0.2) is 276 Å². The Hall–Kier alpha value is -6.42. The third-order valence-corrected chi connectivity index (χ3v) is 25.6. The Balaban J connectivity index is 1.20. The number of rotatable bonds is 12. The van der Waals surface area contributed by atoms with Crippen molar-refractivity contribution in [1.29, 1.82) is 0 Å². The first-order valence-corrected chi connectivity index (χ1v) is 40.8. The van der Waals surface area contributed by atoms with E-state index in [4.69, 9.17) is 4.74 Å². The number of aliphatic hydroxyl groups excluding tert-OH is 1. The number of amides is 11. The number of aliphatic hydroxyl groups is 1. The van der Waals surface area contributed by atoms with E-state index >= 15 is 28.8 Å². The van der Waals surface area contributed by atoms with E-state index in [9.17, 15) is 42.3 Å². The van der Waals surface area contributed by atoms with E-state index in [1.54, 1.807) is 11.9 Å². The number of allylic oxidation sites excluding steroid dienone is 2. The van der Waals surface area contributed by atoms with E-state index in [-0.39, 0.29) is 120 Å². The Morgan fingerprint density at radius 2 is 1.27 bits per heavy atom. The van der Waals surface area contributed by atoms with Crippen molar-refractivity contribution in [3.05, 3.63) is 12.2 Å². The minimum Gasteiger partial charge on any atom is -0.378 e. The van der Waals surface area contributed by atoms with Gasteiger partial charge < -0.3 is 64.6 Å². The third kappa shape index (κ3) is 22.0. The first kappa shape index (κ1) is 87.2. The zero-order chi connectivity index (χ0) is 79.3. The van der Waals surface area contributed by atoms with E-state index in [1.807, 2.05) is 39.8 Å². The van der Waals surface area contributed by atoms with Crippen molar-refractivity contribution < 1.29 is 75.8 Å². The summed E-state index contributed by atoms with van der Waals surface area (Å²) < 4.78 is 48.4. The van der Waals surface area contributed by atoms with Crippen LogP contribution in [0.4, 0.5) is 13.2 Å². The molecule has 0 aromatic carbocycles. The van der Waals surface area contributed by atoms with Gasteiger partial charge >= 0.3 is 6.18 Å². The van der Waals surface area contributed by atoms with E-state index in [2.05, 4.69) is 22.9 Å². The average Bonchev–Trinajstić information content (AvgIpc) is 0.741. The van der Waals surface area contributed by atoms with Crippen LogP contribution in [0.5, 0.6) is 0 Å². The topological polar surface area (TPSA) is 282 Å². The summed E-state index contributed by atoms with van der Waals surface area (Å²) in [5.74, 6) is -7.82. The maximum Gasteiger partial charge on any atom is 0.391 e. The van der Waals surface area contributed by atoms with Gasteiger partial charge in [0, 0.05) is 88.5 Å². The Morgan fingerprint density at radius 1 is 0.630 bits per heavy atom. The first-order valence-electron chi connectivity index (χ1n) is 40.8. The van der Waals surface area contributed by atoms with Crippen molar-refractivity contribution in [3.8, 4) is 0 Å². The van der Waals surface area contributed by atoms with Crippen LogP contribution in [0, 0.1) is 40.9 Å². The van der Waals surface area contributed by atoms with E-state index in [0.717, 1.165) is 38.5 Å². The molecule has 3 heterocycles. The zero-order valence-electron chi connectivity index (χ0n) is 67.1. The van der Waals surface area contributed by atoms with Crippen molar-refractivity contribution in [1.82, 2.24) is 60.0 Å². The number of likely N-dealkylation sites (N-methyl/N-ethyl adjacent to an activating group) is 6. The van der Waals surface area contributed by atoms with Gasteiger partial charge in [-0.3, -0.25) is 58.1 Å². The molecular weight excluding hydrogens is 1390 g/mol. The summed E-state index contributed by atoms with van der Waals surface area (Å²) in [5.41, 5.74) is -2.09. The van der Waals surface area contributed by atoms with Gasteiger partial charge in [-0.15, -0.1) is 0 Å². The fourth-order valence-electron chi connectivity index (χ4n) is 18.6. The highest BCUT2D eigenvalue weighted by atomic mass is 19.4. The standard InChI is InChI=1S/C80H131F3N12O13/c1-14-23-57-45-64(96)85-68(54-24-21-25-54)75(105)89(9)48-67(99)91(11)61-28-19-17-16-18-20-42-94(74(61)104)63(44-53-31-29-51(3)30-32-53)73(103)88(8)47-65(97)84-59(39-35-52-33-36-56(37-34-52)80(81,82)83)71(101)95-43-41-58(108-15-2)38-40-60(95)70(100)86-79(49-78(4,5)50-79)77(107)93(13)69(55-26-22-27-55)76(106)92(12)62(72(102)87(6)7)46-66(98)90(57)10/h16-17,51-63,65,68-69,84,97H,14-15,18-50H2,1-13H3,(H,85,96)(H,86,100)/b17-16-/t51?,52?,53?,56?,57-,58+,59-,60-,61-,62-,63-,65?,68-,69-/m0/s1. The Bertz CT molecular complexity index is 3140. The second kappa shape index (κ2) is 38.7. The van der Waals surface area contributed by atoms with Crippen LogP contribution in [0.3, 0.4) is 0 Å². The monoisotopic (exact) mass is 1520 g/mol. The quantitative estimate of drug-likeness (QED) is 0.139. The second-order valence-corrected chi connectivity index (χ2v) is 34.5. The molecule has 4 N–H and O–H groups in total. The number of nitrogens with one attached hydrogen (secondary N) is 3. The number of alkyl halides is 3. The molecule has 610 valence electrons. The molecule has 5 aliphatic carbocycles. The highest BCUT2D eigenvalue weighted by Gasteiger charge is 2.59. The number of carbonyl (C=O) groups is 11. The summed E-state index contributed by atoms with van der Waals surface area (Å²) >= 11 is 0. The summed E-state index contributed by atoms with van der Waals surface area (Å²) in [5, 5.41) is 21.8. The van der Waals surface area contributed by atoms with Gasteiger partial charge in [-0.2, -0.15) is 13.2 Å². The molecule has 8 aliphatic rings. The smallest absolute Gasteiger partial charge is 0.378 e. The maximum atomic E-state index is 15.9. The van der Waals surface area contributed by atoms with Gasteiger partial charge in [0.25, 0.3) is 0 Å². The van der Waals surface area contributed by atoms with Gasteiger partial charge in [0.15, 0.2) is 0 Å². The number of ether oxygens (including phenoxy) is 1. The van der Waals surface area contributed by atoms with Gasteiger partial charge in [0.1, 0.15) is 48.0 Å². The second-order valence-electron chi connectivity index (χ2n) is 34.5. The van der Waals surface area contributed by atoms with Crippen LogP contribution in [0.2, 0.25) is 0 Å². The summed E-state index contributed by atoms with van der Waals surface area (Å²) in [6.45, 7) is 9.50. The number of fused-ring (bicyclic) bond motifs is 3. The lowest BCUT2D eigenvalue weighted by atomic mass is 9.58. The van der Waals surface area contributed by atoms with Crippen molar-refractivity contribution >= 4 is 65.0 Å². The molecule has 2 bridgehead atoms. The maximum absolute atomic E-state index is 15.9. The summed E-state index contributed by atoms with van der Waals surface area (Å²) in [4.78, 5) is 180. The summed E-state index contributed by atoms with van der Waals surface area (Å²) in [6.07, 6.45) is 8.85. The van der Waals surface area contributed by atoms with Gasteiger partial charge in [-0.25, -0.2) is 0 Å². The molecule has 8 rings (SSSR count). The van der Waals surface area contributed by atoms with E-state index < -0.39 is 162 Å². The molecule has 11 amide bonds. The van der Waals surface area contributed by atoms with Gasteiger partial charge in [0.2, 0.25) is 65.0 Å². The van der Waals surface area contributed by atoms with Crippen molar-refractivity contribution in [2.24, 2.45) is 40.9 Å². The summed E-state index contributed by atoms with van der Waals surface area (Å²) in [6, 6.07) is -8.92. The van der Waals surface area contributed by atoms with Crippen molar-refractivity contribution in [2.75, 3.05) is 89.2 Å². The fraction of sp³-hybridized carbons (Fsp3) is 0.838. The Kier molecular flexibility index (Phi) is 31.2. The van der Waals surface area contributed by atoms with Crippen LogP contribution < -0.4 is 16.0 Å². The third-order valence-electron chi connectivity index (χ3n) is 25.6. The molecule has 1 spiro atoms. The van der Waals surface area contributed by atoms with E-state index in [0.29, 0.717) is 83.2 Å². The summed E-state index contributed by atoms with van der Waals surface area (Å²) in [7, 11) is 12.1. The number of hydrogen-bond donors (Lipinski definition) is 4. The average molecular weight is 1530 g/mol. The minimum absolute atomic E-state index is 0.000362. The van der Waals surface area contributed by atoms with Crippen LogP contribution in [0.25, 0.3) is 0 Å². The molecular formula is C80H131F3N12O13. The first-order chi connectivity index (χ1) is 51.0. The number of halogens is 3. The van der Waals surface area contributed by atoms with Crippen LogP contribution in [0.1, 0.15) is 227 Å². The Morgan fingerprint density at radius 3 is 1.86 bits per heavy atom. The van der Waals surface area contributed by atoms with Crippen LogP contribution >= 0.6 is 0 Å². The normalized spacial score (nSPS) is 32.6. The highest BCUT2D eigenvalue weighted by molar-refractivity contribution is 6.00. The van der Waals surface area contributed by atoms with Crippen LogP contribution in [-0.2, 0) is 57.5 Å². The van der Waals surface area contributed by atoms with Gasteiger partial charge in [-0.05, 0) is 177 Å². The SMILES string of the molecule is CCC[C@H]1CC(=O)N[C@@H](C2CCC2)C(=O)N(C)CC(=O)N(C)[C@H]2CC/C=C\CCCN(C2=O)[C@@H](CC2CCC(C)CC2)C(=O)N(C)CC(O)N[C@@H](CCC2CCC(C(F)(F)F)CC2)C(=O)N2CC[C@H](OCC)CC[C@H]2C(=O)NC2(CC(C)(C)C2)C(=O)N(C)[C@@H](C2CCC2)C(=O)N(C)[C@H](C(=O)N(C)C)CC(=O)N1C. The molecule has 10 atom stereocenters. The predicted octanol–water partition coefficient (Wildman–Crippen LogP) is 7.41. The molecule has 25 nitrogen and oxygen atoms in total. The molecule has 3 aliphatic heterocycles. The zero-order valence-corrected chi connectivity index (χ0v) is 67.1. The molecule has 5 saturated carbocycles. The predicted molar refractivity (Wildman–Crippen MR) is 402 cm³/mol. The lowest BCUT2D eigenvalue weighted by Gasteiger charge is -2.55. The molecule has 0 aromatic rings. The number of nitrogens with zero attached hydrogens (tertiary/aromatic N) is 9. The van der Waals surface area contributed by atoms with Gasteiger partial charge in [-0.1, -0.05) is 84.8 Å². The number of carbonyl (C=O) groups excluding carboxylic acids is 11. The van der Waals surface area contributed by atoms with E-state index in [1.165, 1.54) is 88.5 Å². The number of β-amino-alcohol motifs (C(OH)–C–C–N with tert-alkyl or cyclic N) is 1. The molecule has 0 aromatic heterocycles. The largest absolute Gasteiger partial charge is 0.391 e. The Labute approximate surface area is 640 Å². The lowest BCUT2D eigenvalue weighted by Crippen LogP contribution is -2.72. The lowest BCUT2D eigenvalue weighted by molar-refractivity contribution is -0.184. The highest BCUT2D eigenvalue weighted by Crippen LogP contribution is 2.50. The van der Waals surface area contributed by atoms with Crippen molar-refractivity contribution in [2.45, 2.75) is 300 Å². The molecule has 2 saturated heterocycles. The van der Waals surface area contributed by atoms with Crippen molar-refractivity contribution in [3.63, 3.8) is 0 Å². The molecule has 1 unspecified atom stereocenters. The minimum atomic E-state index is -4.36. The van der Waals surface area contributed by atoms with Gasteiger partial charge in [0.05, 0.1) is 37.6 Å².